The fourth-order valence-electron chi connectivity index (χ4n) is 6.02. The van der Waals surface area contributed by atoms with Crippen molar-refractivity contribution in [3.8, 4) is 5.75 Å². The van der Waals surface area contributed by atoms with E-state index in [1.54, 1.807) is 63.4 Å². The Morgan fingerprint density at radius 1 is 0.939 bits per heavy atom. The Bertz CT molecular complexity index is 1600. The van der Waals surface area contributed by atoms with E-state index >= 15 is 0 Å². The molecule has 3 aromatic rings. The number of hydrogen-bond donors (Lipinski definition) is 5. The normalized spacial score (nSPS) is 17.6. The van der Waals surface area contributed by atoms with E-state index in [1.165, 1.54) is 5.69 Å². The highest BCUT2D eigenvalue weighted by molar-refractivity contribution is 5.99. The van der Waals surface area contributed by atoms with Gasteiger partial charge in [-0.3, -0.25) is 14.4 Å². The lowest BCUT2D eigenvalue weighted by Gasteiger charge is -2.35. The number of methoxy groups -OCH3 is 1. The number of carbonyl (C=O) groups excluding carboxylic acids is 3. The van der Waals surface area contributed by atoms with Crippen molar-refractivity contribution < 1.29 is 19.1 Å². The van der Waals surface area contributed by atoms with Gasteiger partial charge in [0.25, 0.3) is 0 Å². The molecule has 2 saturated heterocycles. The quantitative estimate of drug-likeness (QED) is 0.182. The van der Waals surface area contributed by atoms with Crippen LogP contribution in [0.1, 0.15) is 33.6 Å². The Morgan fingerprint density at radius 2 is 1.67 bits per heavy atom. The third-order valence-electron chi connectivity index (χ3n) is 9.09. The SMILES string of the molecule is CCN1CCN(c2ccc(Nc3ccnc(Nc4ccc(NC(=O)[C@H]5CCCN5C(=O)[C@H](C)NC(=O)[C@H](C)NC)cc4OC)n3)cc2)CC1. The fraction of sp³-hybridized carbons (Fsp3) is 0.457. The van der Waals surface area contributed by atoms with Gasteiger partial charge in [0.05, 0.1) is 18.8 Å². The maximum atomic E-state index is 13.3. The molecule has 0 bridgehead atoms. The number of piperazine rings is 1. The average Bonchev–Trinajstić information content (AvgIpc) is 3.62. The molecule has 14 heteroatoms. The summed E-state index contributed by atoms with van der Waals surface area (Å²) in [5.41, 5.74) is 3.26. The van der Waals surface area contributed by atoms with E-state index in [2.05, 4.69) is 77.5 Å². The van der Waals surface area contributed by atoms with E-state index in [1.807, 2.05) is 0 Å². The van der Waals surface area contributed by atoms with Gasteiger partial charge < -0.3 is 46.0 Å². The van der Waals surface area contributed by atoms with Gasteiger partial charge in [0.2, 0.25) is 23.7 Å². The molecule has 3 heterocycles. The van der Waals surface area contributed by atoms with Crippen LogP contribution in [0.3, 0.4) is 0 Å². The summed E-state index contributed by atoms with van der Waals surface area (Å²) in [6, 6.07) is 13.6. The predicted molar refractivity (Wildman–Crippen MR) is 192 cm³/mol. The van der Waals surface area contributed by atoms with Crippen molar-refractivity contribution in [3.05, 3.63) is 54.7 Å². The molecule has 1 aromatic heterocycles. The van der Waals surface area contributed by atoms with Gasteiger partial charge in [0.15, 0.2) is 0 Å². The highest BCUT2D eigenvalue weighted by atomic mass is 16.5. The topological polar surface area (TPSA) is 156 Å². The van der Waals surface area contributed by atoms with Gasteiger partial charge in [-0.1, -0.05) is 6.92 Å². The van der Waals surface area contributed by atoms with E-state index in [0.29, 0.717) is 48.3 Å². The van der Waals surface area contributed by atoms with E-state index in [4.69, 9.17) is 4.74 Å². The number of likely N-dealkylation sites (tertiary alicyclic amines) is 1. The zero-order chi connectivity index (χ0) is 34.9. The predicted octanol–water partition coefficient (Wildman–Crippen LogP) is 3.16. The Morgan fingerprint density at radius 3 is 2.37 bits per heavy atom. The number of nitrogens with zero attached hydrogens (tertiary/aromatic N) is 5. The summed E-state index contributed by atoms with van der Waals surface area (Å²) in [4.78, 5) is 54.2. The minimum atomic E-state index is -0.754. The van der Waals surface area contributed by atoms with Crippen LogP contribution in [0.25, 0.3) is 0 Å². The molecular formula is C35H48N10O4. The lowest BCUT2D eigenvalue weighted by molar-refractivity contribution is -0.139. The molecule has 49 heavy (non-hydrogen) atoms. The summed E-state index contributed by atoms with van der Waals surface area (Å²) >= 11 is 0. The maximum absolute atomic E-state index is 13.3. The minimum Gasteiger partial charge on any atom is -0.494 e. The average molecular weight is 673 g/mol. The number of amides is 3. The van der Waals surface area contributed by atoms with Crippen molar-refractivity contribution in [1.29, 1.82) is 0 Å². The van der Waals surface area contributed by atoms with Gasteiger partial charge in [0, 0.05) is 62.0 Å². The number of rotatable bonds is 13. The van der Waals surface area contributed by atoms with E-state index < -0.39 is 18.1 Å². The highest BCUT2D eigenvalue weighted by Crippen LogP contribution is 2.31. The monoisotopic (exact) mass is 672 g/mol. The molecule has 0 aliphatic carbocycles. The van der Waals surface area contributed by atoms with Crippen LogP contribution in [0, 0.1) is 0 Å². The molecule has 2 aliphatic rings. The van der Waals surface area contributed by atoms with Crippen LogP contribution in [-0.2, 0) is 14.4 Å². The summed E-state index contributed by atoms with van der Waals surface area (Å²) in [6.07, 6.45) is 2.90. The first kappa shape index (κ1) is 35.4. The minimum absolute atomic E-state index is 0.278. The zero-order valence-electron chi connectivity index (χ0n) is 29.0. The van der Waals surface area contributed by atoms with Crippen molar-refractivity contribution >= 4 is 52.2 Å². The molecule has 2 aromatic carbocycles. The van der Waals surface area contributed by atoms with E-state index in [0.717, 1.165) is 38.4 Å². The van der Waals surface area contributed by atoms with Crippen LogP contribution in [0.5, 0.6) is 5.75 Å². The molecule has 5 rings (SSSR count). The number of anilines is 6. The molecule has 3 atom stereocenters. The highest BCUT2D eigenvalue weighted by Gasteiger charge is 2.36. The first-order valence-electron chi connectivity index (χ1n) is 16.9. The molecule has 0 unspecified atom stereocenters. The molecule has 2 fully saturated rings. The van der Waals surface area contributed by atoms with E-state index in [9.17, 15) is 14.4 Å². The molecule has 262 valence electrons. The molecule has 3 amide bonds. The van der Waals surface area contributed by atoms with Crippen LogP contribution >= 0.6 is 0 Å². The number of aromatic nitrogens is 2. The molecule has 0 radical (unpaired) electrons. The summed E-state index contributed by atoms with van der Waals surface area (Å²) in [7, 11) is 3.22. The number of carbonyl (C=O) groups is 3. The van der Waals surface area contributed by atoms with Crippen LogP contribution in [0.15, 0.2) is 54.7 Å². The second-order valence-corrected chi connectivity index (χ2v) is 12.3. The molecule has 14 nitrogen and oxygen atoms in total. The number of benzene rings is 2. The lowest BCUT2D eigenvalue weighted by atomic mass is 10.1. The van der Waals surface area contributed by atoms with E-state index in [-0.39, 0.29) is 17.7 Å². The fourth-order valence-corrected chi connectivity index (χ4v) is 6.02. The third-order valence-corrected chi connectivity index (χ3v) is 9.09. The van der Waals surface area contributed by atoms with Crippen LogP contribution in [0.2, 0.25) is 0 Å². The van der Waals surface area contributed by atoms with Gasteiger partial charge in [-0.15, -0.1) is 0 Å². The Labute approximate surface area is 288 Å². The van der Waals surface area contributed by atoms with Crippen molar-refractivity contribution in [2.45, 2.75) is 51.7 Å². The third kappa shape index (κ3) is 8.95. The molecule has 5 N–H and O–H groups in total. The van der Waals surface area contributed by atoms with Crippen molar-refractivity contribution in [2.75, 3.05) is 74.3 Å². The smallest absolute Gasteiger partial charge is 0.247 e. The van der Waals surface area contributed by atoms with Crippen molar-refractivity contribution in [2.24, 2.45) is 0 Å². The molecular weight excluding hydrogens is 624 g/mol. The molecule has 0 spiro atoms. The summed E-state index contributed by atoms with van der Waals surface area (Å²) < 4.78 is 5.62. The second kappa shape index (κ2) is 16.4. The standard InChI is InChI=1S/C35H48N10O4/c1-6-43-18-20-44(21-19-43)27-12-9-25(10-13-27)39-31-15-16-37-35(42-31)41-28-14-11-26(22-30(28)49-5)40-33(47)29-8-7-17-45(29)34(48)24(3)38-32(46)23(2)36-4/h9-16,22-24,29,36H,6-8,17-21H2,1-5H3,(H,38,46)(H,40,47)(H2,37,39,41,42)/t23-,24-,29+/m0/s1. The number of likely N-dealkylation sites (N-methyl/N-ethyl adjacent to an activating group) is 2. The van der Waals surface area contributed by atoms with Crippen LogP contribution in [-0.4, -0.2) is 109 Å². The summed E-state index contributed by atoms with van der Waals surface area (Å²) in [5.74, 6) is 0.608. The number of ether oxygens (including phenoxy) is 1. The molecule has 0 saturated carbocycles. The van der Waals surface area contributed by atoms with Crippen molar-refractivity contribution in [1.82, 2.24) is 30.4 Å². The Balaban J connectivity index is 1.18. The Kier molecular flexibility index (Phi) is 11.9. The van der Waals surface area contributed by atoms with Gasteiger partial charge in [-0.05, 0) is 82.7 Å². The summed E-state index contributed by atoms with van der Waals surface area (Å²) in [6.45, 7) is 11.3. The lowest BCUT2D eigenvalue weighted by Crippen LogP contribution is -2.53. The first-order chi connectivity index (χ1) is 23.7. The summed E-state index contributed by atoms with van der Waals surface area (Å²) in [5, 5.41) is 15.1. The number of hydrogen-bond acceptors (Lipinski definition) is 11. The van der Waals surface area contributed by atoms with Gasteiger partial charge >= 0.3 is 0 Å². The van der Waals surface area contributed by atoms with Gasteiger partial charge in [-0.25, -0.2) is 4.98 Å². The molecule has 2 aliphatic heterocycles. The Hall–Kier alpha value is -4.95. The largest absolute Gasteiger partial charge is 0.494 e. The van der Waals surface area contributed by atoms with Crippen molar-refractivity contribution in [3.63, 3.8) is 0 Å². The maximum Gasteiger partial charge on any atom is 0.247 e. The van der Waals surface area contributed by atoms with Gasteiger partial charge in [-0.2, -0.15) is 4.98 Å². The zero-order valence-corrected chi connectivity index (χ0v) is 29.0. The number of nitrogens with one attached hydrogen (secondary N) is 5. The van der Waals surface area contributed by atoms with Gasteiger partial charge in [0.1, 0.15) is 23.7 Å². The second-order valence-electron chi connectivity index (χ2n) is 12.3. The van der Waals surface area contributed by atoms with Crippen LogP contribution in [0.4, 0.5) is 34.5 Å². The van der Waals surface area contributed by atoms with Crippen LogP contribution < -0.4 is 36.2 Å². The first-order valence-corrected chi connectivity index (χ1v) is 16.9.